The minimum atomic E-state index is -3.11. The van der Waals surface area contributed by atoms with Crippen molar-refractivity contribution in [2.24, 2.45) is 4.99 Å². The van der Waals surface area contributed by atoms with E-state index in [1.54, 1.807) is 7.11 Å². The van der Waals surface area contributed by atoms with E-state index in [1.165, 1.54) is 11.8 Å². The van der Waals surface area contributed by atoms with Crippen molar-refractivity contribution in [3.63, 3.8) is 0 Å². The first-order chi connectivity index (χ1) is 15.8. The summed E-state index contributed by atoms with van der Waals surface area (Å²) in [6.45, 7) is 6.03. The molecule has 0 aromatic heterocycles. The van der Waals surface area contributed by atoms with E-state index in [9.17, 15) is 13.2 Å². The lowest BCUT2D eigenvalue weighted by atomic mass is 10.1. The molecule has 0 unspecified atom stereocenters. The molecule has 0 N–H and O–H groups in total. The Morgan fingerprint density at radius 2 is 1.82 bits per heavy atom. The number of fused-ring (bicyclic) bond motifs is 1. The maximum absolute atomic E-state index is 12.9. The van der Waals surface area contributed by atoms with Gasteiger partial charge in [-0.2, -0.15) is 4.99 Å². The van der Waals surface area contributed by atoms with Crippen LogP contribution in [-0.4, -0.2) is 62.5 Å². The molecular formula is C24H29N3O4S2. The van der Waals surface area contributed by atoms with E-state index in [-0.39, 0.29) is 35.1 Å². The number of para-hydroxylation sites is 1. The molecule has 0 bridgehead atoms. The van der Waals surface area contributed by atoms with Gasteiger partial charge in [-0.05, 0) is 44.2 Å². The average molecular weight is 488 g/mol. The highest BCUT2D eigenvalue weighted by molar-refractivity contribution is 8.16. The number of hydrogen-bond acceptors (Lipinski definition) is 6. The molecule has 2 aliphatic rings. The Hall–Kier alpha value is -2.52. The van der Waals surface area contributed by atoms with Gasteiger partial charge in [0.15, 0.2) is 15.0 Å². The normalized spacial score (nSPS) is 22.4. The van der Waals surface area contributed by atoms with Crippen LogP contribution < -0.4 is 14.5 Å². The van der Waals surface area contributed by atoms with Crippen molar-refractivity contribution in [3.8, 4) is 5.75 Å². The molecule has 0 radical (unpaired) electrons. The number of rotatable bonds is 7. The van der Waals surface area contributed by atoms with Crippen molar-refractivity contribution < 1.29 is 17.9 Å². The second-order valence-electron chi connectivity index (χ2n) is 8.14. The molecule has 7 nitrogen and oxygen atoms in total. The van der Waals surface area contributed by atoms with Crippen LogP contribution in [0.25, 0.3) is 0 Å². The summed E-state index contributed by atoms with van der Waals surface area (Å²) in [6.07, 6.45) is 0.121. The van der Waals surface area contributed by atoms with Crippen LogP contribution in [0.4, 0.5) is 11.4 Å². The van der Waals surface area contributed by atoms with Gasteiger partial charge in [0.2, 0.25) is 0 Å². The minimum absolute atomic E-state index is 0.0716. The second-order valence-corrected chi connectivity index (χ2v) is 11.5. The number of benzene rings is 2. The van der Waals surface area contributed by atoms with Crippen LogP contribution in [0.5, 0.6) is 5.75 Å². The molecule has 2 heterocycles. The van der Waals surface area contributed by atoms with Gasteiger partial charge in [0, 0.05) is 35.3 Å². The maximum atomic E-state index is 12.9. The topological polar surface area (TPSA) is 79.3 Å². The van der Waals surface area contributed by atoms with Gasteiger partial charge in [-0.3, -0.25) is 4.79 Å². The summed E-state index contributed by atoms with van der Waals surface area (Å²) in [7, 11) is -1.54. The number of aliphatic imine (C=N–C) groups is 1. The predicted octanol–water partition coefficient (Wildman–Crippen LogP) is 3.39. The first kappa shape index (κ1) is 23.6. The van der Waals surface area contributed by atoms with E-state index < -0.39 is 9.84 Å². The molecule has 0 saturated carbocycles. The third kappa shape index (κ3) is 5.04. The summed E-state index contributed by atoms with van der Waals surface area (Å²) >= 11 is 1.39. The van der Waals surface area contributed by atoms with Gasteiger partial charge < -0.3 is 14.5 Å². The van der Waals surface area contributed by atoms with Crippen molar-refractivity contribution in [1.82, 2.24) is 0 Å². The number of nitrogens with zero attached hydrogens (tertiary/aromatic N) is 3. The Bertz CT molecular complexity index is 1140. The van der Waals surface area contributed by atoms with Crippen molar-refractivity contribution in [1.29, 1.82) is 0 Å². The number of thioether (sulfide) groups is 1. The number of amides is 1. The largest absolute Gasteiger partial charge is 0.496 e. The molecule has 0 aliphatic carbocycles. The van der Waals surface area contributed by atoms with Gasteiger partial charge in [0.05, 0.1) is 31.1 Å². The third-order valence-electron chi connectivity index (χ3n) is 6.08. The monoisotopic (exact) mass is 487 g/mol. The van der Waals surface area contributed by atoms with Crippen molar-refractivity contribution in [3.05, 3.63) is 54.1 Å². The number of ether oxygens (including phenoxy) is 1. The third-order valence-corrected chi connectivity index (χ3v) is 9.29. The van der Waals surface area contributed by atoms with E-state index >= 15 is 0 Å². The molecule has 0 spiro atoms. The highest BCUT2D eigenvalue weighted by atomic mass is 32.2. The molecule has 2 atom stereocenters. The molecule has 2 fully saturated rings. The highest BCUT2D eigenvalue weighted by Crippen LogP contribution is 2.41. The number of carbonyl (C=O) groups excluding carboxylic acids is 1. The number of amidine groups is 1. The van der Waals surface area contributed by atoms with Gasteiger partial charge >= 0.3 is 0 Å². The zero-order valence-electron chi connectivity index (χ0n) is 19.1. The molecule has 2 aromatic carbocycles. The summed E-state index contributed by atoms with van der Waals surface area (Å²) in [5, 5.41) is 0.436. The minimum Gasteiger partial charge on any atom is -0.496 e. The number of carbonyl (C=O) groups is 1. The fourth-order valence-electron chi connectivity index (χ4n) is 4.44. The van der Waals surface area contributed by atoms with Crippen LogP contribution in [0.3, 0.4) is 0 Å². The molecular weight excluding hydrogens is 458 g/mol. The fourth-order valence-corrected chi connectivity index (χ4v) is 8.37. The number of hydrogen-bond donors (Lipinski definition) is 0. The summed E-state index contributed by atoms with van der Waals surface area (Å²) in [5.74, 6) is 0.546. The summed E-state index contributed by atoms with van der Waals surface area (Å²) < 4.78 is 30.0. The van der Waals surface area contributed by atoms with Gasteiger partial charge in [-0.15, -0.1) is 0 Å². The van der Waals surface area contributed by atoms with Gasteiger partial charge in [0.1, 0.15) is 5.75 Å². The van der Waals surface area contributed by atoms with Crippen LogP contribution in [0.1, 0.15) is 19.4 Å². The Balaban J connectivity index is 1.63. The van der Waals surface area contributed by atoms with Crippen LogP contribution in [0.15, 0.2) is 53.5 Å². The van der Waals surface area contributed by atoms with Gasteiger partial charge in [-0.25, -0.2) is 8.42 Å². The second kappa shape index (κ2) is 9.77. The summed E-state index contributed by atoms with van der Waals surface area (Å²) in [6, 6.07) is 15.2. The highest BCUT2D eigenvalue weighted by Gasteiger charge is 2.49. The van der Waals surface area contributed by atoms with E-state index in [2.05, 4.69) is 23.7 Å². The lowest BCUT2D eigenvalue weighted by Crippen LogP contribution is -2.37. The van der Waals surface area contributed by atoms with Crippen LogP contribution in [0, 0.1) is 0 Å². The van der Waals surface area contributed by atoms with Crippen LogP contribution >= 0.6 is 11.8 Å². The molecule has 2 saturated heterocycles. The zero-order chi connectivity index (χ0) is 23.6. The Kier molecular flexibility index (Phi) is 6.99. The Morgan fingerprint density at radius 3 is 2.48 bits per heavy atom. The summed E-state index contributed by atoms with van der Waals surface area (Å²) in [4.78, 5) is 21.5. The maximum Gasteiger partial charge on any atom is 0.252 e. The fraction of sp³-hybridized carbons (Fsp3) is 0.417. The average Bonchev–Trinajstić information content (AvgIpc) is 3.26. The lowest BCUT2D eigenvalue weighted by molar-refractivity contribution is -0.117. The SMILES string of the molecule is CCN(CC)c1ccc(N2C(=NC(=O)Cc3ccccc3OC)S[C@@H]3CS(=O)(=O)C[C@@H]32)cc1. The summed E-state index contributed by atoms with van der Waals surface area (Å²) in [5.41, 5.74) is 2.74. The lowest BCUT2D eigenvalue weighted by Gasteiger charge is -2.26. The smallest absolute Gasteiger partial charge is 0.252 e. The molecule has 1 amide bonds. The van der Waals surface area contributed by atoms with E-state index in [4.69, 9.17) is 4.74 Å². The van der Waals surface area contributed by atoms with Crippen molar-refractivity contribution in [2.75, 3.05) is 41.5 Å². The Labute approximate surface area is 199 Å². The van der Waals surface area contributed by atoms with Crippen molar-refractivity contribution >= 4 is 44.0 Å². The molecule has 2 aromatic rings. The van der Waals surface area contributed by atoms with E-state index in [1.807, 2.05) is 53.4 Å². The molecule has 9 heteroatoms. The predicted molar refractivity (Wildman–Crippen MR) is 135 cm³/mol. The van der Waals surface area contributed by atoms with E-state index in [0.29, 0.717) is 10.9 Å². The Morgan fingerprint density at radius 1 is 1.12 bits per heavy atom. The van der Waals surface area contributed by atoms with Crippen molar-refractivity contribution in [2.45, 2.75) is 31.6 Å². The standard InChI is InChI=1S/C24H29N3O4S2/c1-4-26(5-2)18-10-12-19(13-11-18)27-20-15-33(29,30)16-22(20)32-24(27)25-23(28)14-17-8-6-7-9-21(17)31-3/h6-13,20,22H,4-5,14-16H2,1-3H3/t20-,22+/m0/s1. The zero-order valence-corrected chi connectivity index (χ0v) is 20.7. The van der Waals surface area contributed by atoms with E-state index in [0.717, 1.165) is 30.0 Å². The first-order valence-electron chi connectivity index (χ1n) is 11.1. The number of methoxy groups -OCH3 is 1. The first-order valence-corrected chi connectivity index (χ1v) is 13.8. The molecule has 176 valence electrons. The quantitative estimate of drug-likeness (QED) is 0.592. The molecule has 2 aliphatic heterocycles. The number of anilines is 2. The number of sulfone groups is 1. The molecule has 33 heavy (non-hydrogen) atoms. The molecule has 4 rings (SSSR count). The van der Waals surface area contributed by atoms with Crippen LogP contribution in [0.2, 0.25) is 0 Å². The van der Waals surface area contributed by atoms with Crippen LogP contribution in [-0.2, 0) is 21.1 Å². The van der Waals surface area contributed by atoms with Gasteiger partial charge in [-0.1, -0.05) is 30.0 Å². The van der Waals surface area contributed by atoms with Gasteiger partial charge in [0.25, 0.3) is 5.91 Å².